The Morgan fingerprint density at radius 1 is 1.05 bits per heavy atom. The van der Waals surface area contributed by atoms with Crippen LogP contribution in [-0.4, -0.2) is 20.9 Å². The number of amides is 1. The van der Waals surface area contributed by atoms with Crippen molar-refractivity contribution >= 4 is 34.1 Å². The molecule has 0 unspecified atom stereocenters. The minimum Gasteiger partial charge on any atom is -0.340 e. The lowest BCUT2D eigenvalue weighted by atomic mass is 10.2. The zero-order valence-electron chi connectivity index (χ0n) is 11.4. The van der Waals surface area contributed by atoms with Crippen molar-refractivity contribution < 1.29 is 4.79 Å². The Labute approximate surface area is 121 Å². The highest BCUT2D eigenvalue weighted by molar-refractivity contribution is 5.90. The smallest absolute Gasteiger partial charge is 0.221 e. The van der Waals surface area contributed by atoms with E-state index >= 15 is 0 Å². The maximum atomic E-state index is 11.1. The van der Waals surface area contributed by atoms with Gasteiger partial charge in [0.05, 0.1) is 5.39 Å². The molecule has 2 N–H and O–H groups in total. The van der Waals surface area contributed by atoms with E-state index in [4.69, 9.17) is 0 Å². The van der Waals surface area contributed by atoms with E-state index in [1.807, 2.05) is 36.4 Å². The number of hydrogen-bond acceptors (Lipinski definition) is 5. The van der Waals surface area contributed by atoms with Crippen LogP contribution >= 0.6 is 0 Å². The predicted octanol–water partition coefficient (Wildman–Crippen LogP) is 2.73. The van der Waals surface area contributed by atoms with E-state index in [9.17, 15) is 4.79 Å². The van der Waals surface area contributed by atoms with Crippen LogP contribution in [0.1, 0.15) is 6.92 Å². The second-order valence-corrected chi connectivity index (χ2v) is 4.48. The van der Waals surface area contributed by atoms with Gasteiger partial charge in [-0.25, -0.2) is 15.0 Å². The molecule has 0 spiro atoms. The van der Waals surface area contributed by atoms with E-state index in [0.717, 1.165) is 16.8 Å². The van der Waals surface area contributed by atoms with Gasteiger partial charge in [-0.05, 0) is 30.3 Å². The van der Waals surface area contributed by atoms with E-state index in [-0.39, 0.29) is 5.91 Å². The second-order valence-electron chi connectivity index (χ2n) is 4.48. The van der Waals surface area contributed by atoms with Crippen LogP contribution in [0.15, 0.2) is 48.9 Å². The van der Waals surface area contributed by atoms with E-state index in [0.29, 0.717) is 11.5 Å². The Kier molecular flexibility index (Phi) is 3.42. The van der Waals surface area contributed by atoms with Gasteiger partial charge < -0.3 is 10.6 Å². The molecule has 6 heteroatoms. The van der Waals surface area contributed by atoms with Gasteiger partial charge in [0.25, 0.3) is 0 Å². The molecule has 2 aromatic heterocycles. The number of carbonyl (C=O) groups excluding carboxylic acids is 1. The molecule has 0 radical (unpaired) electrons. The van der Waals surface area contributed by atoms with Crippen LogP contribution in [0.2, 0.25) is 0 Å². The molecule has 0 bridgehead atoms. The largest absolute Gasteiger partial charge is 0.340 e. The van der Waals surface area contributed by atoms with Gasteiger partial charge in [0.1, 0.15) is 12.1 Å². The van der Waals surface area contributed by atoms with Crippen LogP contribution in [0.25, 0.3) is 11.0 Å². The van der Waals surface area contributed by atoms with Crippen molar-refractivity contribution in [2.75, 3.05) is 10.6 Å². The summed E-state index contributed by atoms with van der Waals surface area (Å²) in [6.45, 7) is 1.48. The number of pyridine rings is 1. The van der Waals surface area contributed by atoms with Crippen molar-refractivity contribution in [3.8, 4) is 0 Å². The lowest BCUT2D eigenvalue weighted by Gasteiger charge is -2.09. The number of nitrogens with zero attached hydrogens (tertiary/aromatic N) is 3. The zero-order chi connectivity index (χ0) is 14.7. The molecule has 0 atom stereocenters. The fourth-order valence-electron chi connectivity index (χ4n) is 2.01. The first-order valence-electron chi connectivity index (χ1n) is 6.43. The molecule has 2 heterocycles. The maximum Gasteiger partial charge on any atom is 0.221 e. The number of aromatic nitrogens is 3. The summed E-state index contributed by atoms with van der Waals surface area (Å²) in [5.41, 5.74) is 2.18. The molecule has 0 fully saturated rings. The van der Waals surface area contributed by atoms with E-state index in [1.165, 1.54) is 13.3 Å². The predicted molar refractivity (Wildman–Crippen MR) is 81.4 cm³/mol. The highest BCUT2D eigenvalue weighted by atomic mass is 16.1. The van der Waals surface area contributed by atoms with Crippen LogP contribution in [0.5, 0.6) is 0 Å². The molecule has 1 aromatic carbocycles. The first-order valence-corrected chi connectivity index (χ1v) is 6.43. The molecule has 0 aliphatic heterocycles. The van der Waals surface area contributed by atoms with Crippen LogP contribution < -0.4 is 10.6 Å². The van der Waals surface area contributed by atoms with E-state index in [2.05, 4.69) is 25.6 Å². The third kappa shape index (κ3) is 2.94. The number of carbonyl (C=O) groups is 1. The Morgan fingerprint density at radius 3 is 2.76 bits per heavy atom. The van der Waals surface area contributed by atoms with E-state index in [1.54, 1.807) is 6.20 Å². The molecular weight excluding hydrogens is 266 g/mol. The molecule has 0 saturated heterocycles. The molecule has 6 nitrogen and oxygen atoms in total. The van der Waals surface area contributed by atoms with Crippen molar-refractivity contribution in [1.82, 2.24) is 15.0 Å². The summed E-state index contributed by atoms with van der Waals surface area (Å²) in [4.78, 5) is 23.7. The van der Waals surface area contributed by atoms with Gasteiger partial charge in [0.2, 0.25) is 5.91 Å². The highest BCUT2D eigenvalue weighted by Gasteiger charge is 2.05. The van der Waals surface area contributed by atoms with Gasteiger partial charge in [-0.1, -0.05) is 6.07 Å². The van der Waals surface area contributed by atoms with Crippen LogP contribution in [0.4, 0.5) is 17.2 Å². The van der Waals surface area contributed by atoms with Gasteiger partial charge in [-0.2, -0.15) is 0 Å². The van der Waals surface area contributed by atoms with Gasteiger partial charge in [0, 0.05) is 24.5 Å². The van der Waals surface area contributed by atoms with Crippen molar-refractivity contribution in [1.29, 1.82) is 0 Å². The Morgan fingerprint density at radius 2 is 1.90 bits per heavy atom. The average Bonchev–Trinajstić information content (AvgIpc) is 2.47. The first kappa shape index (κ1) is 13.0. The fourth-order valence-corrected chi connectivity index (χ4v) is 2.01. The first-order chi connectivity index (χ1) is 10.2. The van der Waals surface area contributed by atoms with Crippen LogP contribution in [0.3, 0.4) is 0 Å². The zero-order valence-corrected chi connectivity index (χ0v) is 11.4. The van der Waals surface area contributed by atoms with E-state index < -0.39 is 0 Å². The number of benzene rings is 1. The number of hydrogen-bond donors (Lipinski definition) is 2. The summed E-state index contributed by atoms with van der Waals surface area (Å²) in [6, 6.07) is 11.2. The second kappa shape index (κ2) is 5.54. The van der Waals surface area contributed by atoms with Gasteiger partial charge in [0.15, 0.2) is 5.65 Å². The molecule has 0 saturated carbocycles. The van der Waals surface area contributed by atoms with Crippen molar-refractivity contribution in [3.05, 3.63) is 48.9 Å². The average molecular weight is 279 g/mol. The third-order valence-corrected chi connectivity index (χ3v) is 2.85. The summed E-state index contributed by atoms with van der Waals surface area (Å²) >= 11 is 0. The number of rotatable bonds is 3. The Balaban J connectivity index is 1.93. The summed E-state index contributed by atoms with van der Waals surface area (Å²) in [5, 5.41) is 6.80. The lowest BCUT2D eigenvalue weighted by molar-refractivity contribution is -0.114. The number of fused-ring (bicyclic) bond motifs is 1. The lowest BCUT2D eigenvalue weighted by Crippen LogP contribution is -2.06. The highest BCUT2D eigenvalue weighted by Crippen LogP contribution is 2.23. The van der Waals surface area contributed by atoms with Crippen molar-refractivity contribution in [2.45, 2.75) is 6.92 Å². The number of anilines is 3. The molecular formula is C15H13N5O. The minimum atomic E-state index is -0.108. The maximum absolute atomic E-state index is 11.1. The molecule has 104 valence electrons. The van der Waals surface area contributed by atoms with Gasteiger partial charge in [-0.3, -0.25) is 4.79 Å². The molecule has 0 aliphatic rings. The van der Waals surface area contributed by atoms with Gasteiger partial charge >= 0.3 is 0 Å². The Bertz CT molecular complexity index is 797. The summed E-state index contributed by atoms with van der Waals surface area (Å²) < 4.78 is 0. The molecule has 3 aromatic rings. The van der Waals surface area contributed by atoms with Crippen molar-refractivity contribution in [3.63, 3.8) is 0 Å². The standard InChI is InChI=1S/C15H13N5O/c1-10(21)19-11-4-2-5-12(8-11)20-15-13-6-3-7-16-14(13)17-9-18-15/h2-9H,1H3,(H,19,21)(H,16,17,18,20). The molecule has 3 rings (SSSR count). The molecule has 0 aliphatic carbocycles. The summed E-state index contributed by atoms with van der Waals surface area (Å²) in [5.74, 6) is 0.567. The third-order valence-electron chi connectivity index (χ3n) is 2.85. The number of nitrogens with one attached hydrogen (secondary N) is 2. The monoisotopic (exact) mass is 279 g/mol. The fraction of sp³-hybridized carbons (Fsp3) is 0.0667. The van der Waals surface area contributed by atoms with Crippen LogP contribution in [-0.2, 0) is 4.79 Å². The molecule has 21 heavy (non-hydrogen) atoms. The SMILES string of the molecule is CC(=O)Nc1cccc(Nc2ncnc3ncccc23)c1. The normalized spacial score (nSPS) is 10.3. The summed E-state index contributed by atoms with van der Waals surface area (Å²) in [7, 11) is 0. The van der Waals surface area contributed by atoms with Gasteiger partial charge in [-0.15, -0.1) is 0 Å². The topological polar surface area (TPSA) is 79.8 Å². The quantitative estimate of drug-likeness (QED) is 0.770. The van der Waals surface area contributed by atoms with Crippen molar-refractivity contribution in [2.24, 2.45) is 0 Å². The minimum absolute atomic E-state index is 0.108. The Hall–Kier alpha value is -3.02. The summed E-state index contributed by atoms with van der Waals surface area (Å²) in [6.07, 6.45) is 3.16. The van der Waals surface area contributed by atoms with Crippen LogP contribution in [0, 0.1) is 0 Å². The molecule has 1 amide bonds.